The van der Waals surface area contributed by atoms with Gasteiger partial charge in [0.25, 0.3) is 5.91 Å². The van der Waals surface area contributed by atoms with Gasteiger partial charge in [-0.3, -0.25) is 4.79 Å². The number of benzene rings is 1. The number of aromatic hydroxyl groups is 1. The molecule has 1 amide bonds. The van der Waals surface area contributed by atoms with Crippen molar-refractivity contribution in [3.63, 3.8) is 0 Å². The molecule has 0 unspecified atom stereocenters. The highest BCUT2D eigenvalue weighted by Gasteiger charge is 2.34. The number of halogens is 1. The van der Waals surface area contributed by atoms with Gasteiger partial charge in [-0.25, -0.2) is 0 Å². The summed E-state index contributed by atoms with van der Waals surface area (Å²) >= 11 is 5.89. The Kier molecular flexibility index (Phi) is 5.15. The predicted octanol–water partition coefficient (Wildman–Crippen LogP) is 4.38. The minimum atomic E-state index is -0.245. The zero-order chi connectivity index (χ0) is 15.5. The van der Waals surface area contributed by atoms with E-state index in [1.807, 2.05) is 0 Å². The van der Waals surface area contributed by atoms with Crippen molar-refractivity contribution in [2.75, 3.05) is 6.54 Å². The van der Waals surface area contributed by atoms with Crippen LogP contribution in [0.5, 0.6) is 5.75 Å². The molecule has 0 radical (unpaired) electrons. The van der Waals surface area contributed by atoms with E-state index in [2.05, 4.69) is 19.2 Å². The highest BCUT2D eigenvalue weighted by Crippen LogP contribution is 2.42. The van der Waals surface area contributed by atoms with Crippen molar-refractivity contribution in [1.82, 2.24) is 5.32 Å². The number of carbonyl (C=O) groups is 1. The lowest BCUT2D eigenvalue weighted by molar-refractivity contribution is 0.0919. The topological polar surface area (TPSA) is 49.3 Å². The molecule has 1 aliphatic carbocycles. The summed E-state index contributed by atoms with van der Waals surface area (Å²) < 4.78 is 0. The lowest BCUT2D eigenvalue weighted by Crippen LogP contribution is -2.36. The molecule has 0 atom stereocenters. The van der Waals surface area contributed by atoms with E-state index < -0.39 is 0 Å². The summed E-state index contributed by atoms with van der Waals surface area (Å²) in [5.74, 6) is 0.353. The second-order valence-corrected chi connectivity index (χ2v) is 7.09. The first-order valence-electron chi connectivity index (χ1n) is 7.69. The standard InChI is InChI=1S/C17H24ClNO2/c1-12(2)10-17(7-3-4-8-17)11-19-16(21)14-9-13(18)5-6-15(14)20/h5-6,9,12,20H,3-4,7-8,10-11H2,1-2H3,(H,19,21). The molecular weight excluding hydrogens is 286 g/mol. The van der Waals surface area contributed by atoms with Crippen LogP contribution in [0.15, 0.2) is 18.2 Å². The molecule has 3 nitrogen and oxygen atoms in total. The third-order valence-corrected chi connectivity index (χ3v) is 4.57. The lowest BCUT2D eigenvalue weighted by atomic mass is 9.78. The van der Waals surface area contributed by atoms with Crippen LogP contribution in [0.3, 0.4) is 0 Å². The molecule has 2 rings (SSSR count). The summed E-state index contributed by atoms with van der Waals surface area (Å²) in [4.78, 5) is 12.3. The molecule has 0 bridgehead atoms. The van der Waals surface area contributed by atoms with Gasteiger partial charge in [0.05, 0.1) is 5.56 Å². The molecule has 1 aliphatic rings. The van der Waals surface area contributed by atoms with Crippen LogP contribution in [0.4, 0.5) is 0 Å². The van der Waals surface area contributed by atoms with Crippen LogP contribution in [-0.2, 0) is 0 Å². The van der Waals surface area contributed by atoms with Crippen LogP contribution in [0.1, 0.15) is 56.3 Å². The fourth-order valence-corrected chi connectivity index (χ4v) is 3.67. The Balaban J connectivity index is 2.03. The first-order valence-corrected chi connectivity index (χ1v) is 8.06. The predicted molar refractivity (Wildman–Crippen MR) is 85.8 cm³/mol. The van der Waals surface area contributed by atoms with Crippen molar-refractivity contribution in [1.29, 1.82) is 0 Å². The highest BCUT2D eigenvalue weighted by atomic mass is 35.5. The molecule has 116 valence electrons. The summed E-state index contributed by atoms with van der Waals surface area (Å²) in [6, 6.07) is 4.54. The minimum absolute atomic E-state index is 0.0266. The Morgan fingerprint density at radius 3 is 2.67 bits per heavy atom. The maximum Gasteiger partial charge on any atom is 0.255 e. The van der Waals surface area contributed by atoms with Gasteiger partial charge < -0.3 is 10.4 Å². The molecule has 0 spiro atoms. The number of hydrogen-bond donors (Lipinski definition) is 2. The number of phenols is 1. The van der Waals surface area contributed by atoms with Gasteiger partial charge in [0.2, 0.25) is 0 Å². The maximum absolute atomic E-state index is 12.3. The number of amides is 1. The van der Waals surface area contributed by atoms with Gasteiger partial charge in [-0.1, -0.05) is 38.3 Å². The number of phenolic OH excluding ortho intramolecular Hbond substituents is 1. The minimum Gasteiger partial charge on any atom is -0.507 e. The van der Waals surface area contributed by atoms with Crippen molar-refractivity contribution in [2.24, 2.45) is 11.3 Å². The molecule has 1 aromatic rings. The quantitative estimate of drug-likeness (QED) is 0.848. The van der Waals surface area contributed by atoms with Gasteiger partial charge >= 0.3 is 0 Å². The van der Waals surface area contributed by atoms with Gasteiger partial charge in [-0.05, 0) is 48.8 Å². The molecule has 0 aliphatic heterocycles. The van der Waals surface area contributed by atoms with Crippen LogP contribution < -0.4 is 5.32 Å². The first kappa shape index (κ1) is 16.2. The molecule has 2 N–H and O–H groups in total. The molecule has 1 fully saturated rings. The molecule has 1 saturated carbocycles. The Morgan fingerprint density at radius 1 is 1.38 bits per heavy atom. The van der Waals surface area contributed by atoms with E-state index in [1.165, 1.54) is 37.8 Å². The fourth-order valence-electron chi connectivity index (χ4n) is 3.50. The van der Waals surface area contributed by atoms with E-state index in [-0.39, 0.29) is 22.6 Å². The molecule has 4 heteroatoms. The van der Waals surface area contributed by atoms with Crippen molar-refractivity contribution in [3.05, 3.63) is 28.8 Å². The second-order valence-electron chi connectivity index (χ2n) is 6.65. The van der Waals surface area contributed by atoms with Crippen LogP contribution in [0, 0.1) is 11.3 Å². The van der Waals surface area contributed by atoms with E-state index in [0.717, 1.165) is 6.42 Å². The zero-order valence-electron chi connectivity index (χ0n) is 12.8. The summed E-state index contributed by atoms with van der Waals surface area (Å²) in [5, 5.41) is 13.2. The summed E-state index contributed by atoms with van der Waals surface area (Å²) in [6.45, 7) is 5.13. The number of carbonyl (C=O) groups excluding carboxylic acids is 1. The van der Waals surface area contributed by atoms with Crippen molar-refractivity contribution >= 4 is 17.5 Å². The average molecular weight is 310 g/mol. The van der Waals surface area contributed by atoms with Crippen LogP contribution in [-0.4, -0.2) is 17.6 Å². The highest BCUT2D eigenvalue weighted by molar-refractivity contribution is 6.31. The smallest absolute Gasteiger partial charge is 0.255 e. The molecular formula is C17H24ClNO2. The van der Waals surface area contributed by atoms with E-state index >= 15 is 0 Å². The largest absolute Gasteiger partial charge is 0.507 e. The van der Waals surface area contributed by atoms with E-state index in [1.54, 1.807) is 6.07 Å². The Morgan fingerprint density at radius 2 is 2.05 bits per heavy atom. The summed E-state index contributed by atoms with van der Waals surface area (Å²) in [6.07, 6.45) is 5.96. The van der Waals surface area contributed by atoms with Crippen molar-refractivity contribution in [2.45, 2.75) is 46.0 Å². The van der Waals surface area contributed by atoms with E-state index in [9.17, 15) is 9.90 Å². The fraction of sp³-hybridized carbons (Fsp3) is 0.588. The summed E-state index contributed by atoms with van der Waals surface area (Å²) in [7, 11) is 0. The Labute approximate surface area is 131 Å². The monoisotopic (exact) mass is 309 g/mol. The molecule has 21 heavy (non-hydrogen) atoms. The molecule has 0 saturated heterocycles. The Hall–Kier alpha value is -1.22. The van der Waals surface area contributed by atoms with E-state index in [4.69, 9.17) is 11.6 Å². The zero-order valence-corrected chi connectivity index (χ0v) is 13.5. The van der Waals surface area contributed by atoms with Gasteiger partial charge in [-0.15, -0.1) is 0 Å². The number of rotatable bonds is 5. The van der Waals surface area contributed by atoms with Crippen molar-refractivity contribution < 1.29 is 9.90 Å². The lowest BCUT2D eigenvalue weighted by Gasteiger charge is -2.31. The van der Waals surface area contributed by atoms with Gasteiger partial charge in [-0.2, -0.15) is 0 Å². The van der Waals surface area contributed by atoms with Gasteiger partial charge in [0.15, 0.2) is 0 Å². The van der Waals surface area contributed by atoms with Gasteiger partial charge in [0, 0.05) is 11.6 Å². The van der Waals surface area contributed by atoms with Crippen molar-refractivity contribution in [3.8, 4) is 5.75 Å². The molecule has 1 aromatic carbocycles. The first-order chi connectivity index (χ1) is 9.92. The third-order valence-electron chi connectivity index (χ3n) is 4.33. The SMILES string of the molecule is CC(C)CC1(CNC(=O)c2cc(Cl)ccc2O)CCCC1. The van der Waals surface area contributed by atoms with E-state index in [0.29, 0.717) is 17.5 Å². The molecule has 0 heterocycles. The number of nitrogens with one attached hydrogen (secondary N) is 1. The average Bonchev–Trinajstić information content (AvgIpc) is 2.87. The van der Waals surface area contributed by atoms with Crippen LogP contribution in [0.25, 0.3) is 0 Å². The van der Waals surface area contributed by atoms with Crippen LogP contribution in [0.2, 0.25) is 5.02 Å². The molecule has 0 aromatic heterocycles. The number of hydrogen-bond acceptors (Lipinski definition) is 2. The van der Waals surface area contributed by atoms with Crippen LogP contribution >= 0.6 is 11.6 Å². The van der Waals surface area contributed by atoms with Gasteiger partial charge in [0.1, 0.15) is 5.75 Å². The normalized spacial score (nSPS) is 17.1. The Bertz CT molecular complexity index is 508. The second kappa shape index (κ2) is 6.69. The maximum atomic E-state index is 12.3. The summed E-state index contributed by atoms with van der Waals surface area (Å²) in [5.41, 5.74) is 0.470. The third kappa shape index (κ3) is 4.13.